The summed E-state index contributed by atoms with van der Waals surface area (Å²) in [6.07, 6.45) is 4.77. The van der Waals surface area contributed by atoms with Crippen LogP contribution >= 0.6 is 0 Å². The van der Waals surface area contributed by atoms with Gasteiger partial charge < -0.3 is 10.6 Å². The fraction of sp³-hybridized carbons (Fsp3) is 0.533. The van der Waals surface area contributed by atoms with Crippen molar-refractivity contribution in [3.8, 4) is 0 Å². The average molecular weight is 246 g/mol. The molecule has 0 aliphatic carbocycles. The Kier molecular flexibility index (Phi) is 4.62. The highest BCUT2D eigenvalue weighted by molar-refractivity contribution is 5.88. The molecule has 0 radical (unpaired) electrons. The van der Waals surface area contributed by atoms with Gasteiger partial charge in [-0.1, -0.05) is 44.4 Å². The first-order valence-corrected chi connectivity index (χ1v) is 6.93. The lowest BCUT2D eigenvalue weighted by atomic mass is 10.0. The average Bonchev–Trinajstić information content (AvgIpc) is 2.82. The molecular weight excluding hydrogens is 224 g/mol. The van der Waals surface area contributed by atoms with Crippen LogP contribution in [0.3, 0.4) is 0 Å². The molecular formula is C15H22N2O. The lowest BCUT2D eigenvalue weighted by Crippen LogP contribution is -2.31. The summed E-state index contributed by atoms with van der Waals surface area (Å²) in [5, 5.41) is 6.33. The summed E-state index contributed by atoms with van der Waals surface area (Å²) >= 11 is 0. The van der Waals surface area contributed by atoms with Crippen molar-refractivity contribution in [1.29, 1.82) is 0 Å². The van der Waals surface area contributed by atoms with Crippen LogP contribution in [-0.2, 0) is 4.79 Å². The van der Waals surface area contributed by atoms with E-state index < -0.39 is 0 Å². The SMILES string of the molecule is CCCCCCNC(=O)C1CNc2ccccc21. The van der Waals surface area contributed by atoms with E-state index in [1.165, 1.54) is 19.3 Å². The van der Waals surface area contributed by atoms with Gasteiger partial charge >= 0.3 is 0 Å². The third-order valence-electron chi connectivity index (χ3n) is 3.48. The Bertz CT molecular complexity index is 403. The highest BCUT2D eigenvalue weighted by Gasteiger charge is 2.27. The van der Waals surface area contributed by atoms with Crippen LogP contribution < -0.4 is 10.6 Å². The maximum Gasteiger partial charge on any atom is 0.229 e. The molecule has 2 N–H and O–H groups in total. The van der Waals surface area contributed by atoms with Crippen LogP contribution in [0, 0.1) is 0 Å². The van der Waals surface area contributed by atoms with Crippen molar-refractivity contribution in [3.05, 3.63) is 29.8 Å². The van der Waals surface area contributed by atoms with Gasteiger partial charge in [0.2, 0.25) is 5.91 Å². The monoisotopic (exact) mass is 246 g/mol. The zero-order valence-electron chi connectivity index (χ0n) is 11.0. The molecule has 1 aliphatic heterocycles. The molecule has 3 heteroatoms. The standard InChI is InChI=1S/C15H22N2O/c1-2-3-4-7-10-16-15(18)13-11-17-14-9-6-5-8-12(13)14/h5-6,8-9,13,17H,2-4,7,10-11H2,1H3,(H,16,18). The number of para-hydroxylation sites is 1. The van der Waals surface area contributed by atoms with Crippen molar-refractivity contribution < 1.29 is 4.79 Å². The van der Waals surface area contributed by atoms with Crippen LogP contribution in [0.15, 0.2) is 24.3 Å². The van der Waals surface area contributed by atoms with E-state index in [4.69, 9.17) is 0 Å². The summed E-state index contributed by atoms with van der Waals surface area (Å²) in [5.74, 6) is 0.135. The van der Waals surface area contributed by atoms with E-state index in [2.05, 4.69) is 17.6 Å². The molecule has 3 nitrogen and oxygen atoms in total. The molecule has 98 valence electrons. The number of rotatable bonds is 6. The summed E-state index contributed by atoms with van der Waals surface area (Å²) in [5.41, 5.74) is 2.23. The maximum atomic E-state index is 12.1. The molecule has 1 aromatic carbocycles. The molecule has 2 rings (SSSR count). The Labute approximate surface area is 109 Å². The highest BCUT2D eigenvalue weighted by atomic mass is 16.1. The number of hydrogen-bond donors (Lipinski definition) is 2. The number of amides is 1. The predicted molar refractivity (Wildman–Crippen MR) is 74.8 cm³/mol. The maximum absolute atomic E-state index is 12.1. The van der Waals surface area contributed by atoms with E-state index in [0.717, 1.165) is 30.8 Å². The van der Waals surface area contributed by atoms with E-state index in [1.807, 2.05) is 24.3 Å². The molecule has 0 saturated heterocycles. The zero-order chi connectivity index (χ0) is 12.8. The molecule has 1 heterocycles. The molecule has 0 saturated carbocycles. The van der Waals surface area contributed by atoms with Gasteiger partial charge in [-0.05, 0) is 18.1 Å². The Morgan fingerprint density at radius 2 is 2.17 bits per heavy atom. The van der Waals surface area contributed by atoms with Crippen LogP contribution in [0.4, 0.5) is 5.69 Å². The molecule has 18 heavy (non-hydrogen) atoms. The lowest BCUT2D eigenvalue weighted by Gasteiger charge is -2.11. The Balaban J connectivity index is 1.80. The Hall–Kier alpha value is -1.51. The molecule has 1 aliphatic rings. The molecule has 1 unspecified atom stereocenters. The number of hydrogen-bond acceptors (Lipinski definition) is 2. The summed E-state index contributed by atoms with van der Waals surface area (Å²) in [6.45, 7) is 3.72. The number of carbonyl (C=O) groups is 1. The van der Waals surface area contributed by atoms with Gasteiger partial charge in [-0.15, -0.1) is 0 Å². The van der Waals surface area contributed by atoms with Gasteiger partial charge in [-0.25, -0.2) is 0 Å². The van der Waals surface area contributed by atoms with Crippen LogP contribution in [0.25, 0.3) is 0 Å². The second-order valence-corrected chi connectivity index (χ2v) is 4.87. The Morgan fingerprint density at radius 3 is 3.00 bits per heavy atom. The van der Waals surface area contributed by atoms with E-state index in [0.29, 0.717) is 0 Å². The summed E-state index contributed by atoms with van der Waals surface area (Å²) in [6, 6.07) is 8.06. The smallest absolute Gasteiger partial charge is 0.229 e. The molecule has 1 aromatic rings. The summed E-state index contributed by atoms with van der Waals surface area (Å²) in [4.78, 5) is 12.1. The van der Waals surface area contributed by atoms with Crippen LogP contribution in [0.5, 0.6) is 0 Å². The van der Waals surface area contributed by atoms with E-state index in [-0.39, 0.29) is 11.8 Å². The minimum atomic E-state index is -0.0209. The minimum absolute atomic E-state index is 0.0209. The number of anilines is 1. The topological polar surface area (TPSA) is 41.1 Å². The molecule has 1 amide bonds. The molecule has 0 spiro atoms. The van der Waals surface area contributed by atoms with Crippen LogP contribution in [-0.4, -0.2) is 19.0 Å². The van der Waals surface area contributed by atoms with Gasteiger partial charge in [0.05, 0.1) is 5.92 Å². The molecule has 0 fully saturated rings. The molecule has 1 atom stereocenters. The van der Waals surface area contributed by atoms with Gasteiger partial charge in [0.15, 0.2) is 0 Å². The second-order valence-electron chi connectivity index (χ2n) is 4.87. The summed E-state index contributed by atoms with van der Waals surface area (Å²) < 4.78 is 0. The van der Waals surface area contributed by atoms with Gasteiger partial charge in [0.1, 0.15) is 0 Å². The van der Waals surface area contributed by atoms with Crippen molar-refractivity contribution in [2.75, 3.05) is 18.4 Å². The minimum Gasteiger partial charge on any atom is -0.384 e. The normalized spacial score (nSPS) is 17.1. The third kappa shape index (κ3) is 3.03. The first-order valence-electron chi connectivity index (χ1n) is 6.93. The second kappa shape index (κ2) is 6.43. The largest absolute Gasteiger partial charge is 0.384 e. The number of nitrogens with one attached hydrogen (secondary N) is 2. The summed E-state index contributed by atoms with van der Waals surface area (Å²) in [7, 11) is 0. The van der Waals surface area contributed by atoms with Crippen molar-refractivity contribution in [2.24, 2.45) is 0 Å². The first kappa shape index (κ1) is 12.9. The lowest BCUT2D eigenvalue weighted by molar-refractivity contribution is -0.122. The third-order valence-corrected chi connectivity index (χ3v) is 3.48. The number of carbonyl (C=O) groups excluding carboxylic acids is 1. The van der Waals surface area contributed by atoms with E-state index in [1.54, 1.807) is 0 Å². The predicted octanol–water partition coefficient (Wildman–Crippen LogP) is 2.89. The highest BCUT2D eigenvalue weighted by Crippen LogP contribution is 2.30. The van der Waals surface area contributed by atoms with E-state index >= 15 is 0 Å². The van der Waals surface area contributed by atoms with Crippen molar-refractivity contribution in [2.45, 2.75) is 38.5 Å². The first-order chi connectivity index (χ1) is 8.83. The zero-order valence-corrected chi connectivity index (χ0v) is 11.0. The van der Waals surface area contributed by atoms with Gasteiger partial charge in [0, 0.05) is 18.8 Å². The molecule has 0 aromatic heterocycles. The van der Waals surface area contributed by atoms with Crippen molar-refractivity contribution in [1.82, 2.24) is 5.32 Å². The number of fused-ring (bicyclic) bond motifs is 1. The van der Waals surface area contributed by atoms with Crippen LogP contribution in [0.2, 0.25) is 0 Å². The Morgan fingerprint density at radius 1 is 1.33 bits per heavy atom. The van der Waals surface area contributed by atoms with Gasteiger partial charge in [0.25, 0.3) is 0 Å². The quantitative estimate of drug-likeness (QED) is 0.758. The van der Waals surface area contributed by atoms with Crippen molar-refractivity contribution >= 4 is 11.6 Å². The fourth-order valence-corrected chi connectivity index (χ4v) is 2.40. The van der Waals surface area contributed by atoms with Gasteiger partial charge in [-0.3, -0.25) is 4.79 Å². The number of unbranched alkanes of at least 4 members (excludes halogenated alkanes) is 3. The van der Waals surface area contributed by atoms with Crippen molar-refractivity contribution in [3.63, 3.8) is 0 Å². The molecule has 0 bridgehead atoms. The van der Waals surface area contributed by atoms with Crippen LogP contribution in [0.1, 0.15) is 44.1 Å². The fourth-order valence-electron chi connectivity index (χ4n) is 2.40. The van der Waals surface area contributed by atoms with Gasteiger partial charge in [-0.2, -0.15) is 0 Å². The van der Waals surface area contributed by atoms with E-state index in [9.17, 15) is 4.79 Å². The number of benzene rings is 1.